The molecule has 2 aromatic rings. The number of rotatable bonds is 8. The monoisotopic (exact) mass is 369 g/mol. The van der Waals surface area contributed by atoms with Crippen molar-refractivity contribution in [2.75, 3.05) is 18.4 Å². The average Bonchev–Trinajstić information content (AvgIpc) is 3.17. The van der Waals surface area contributed by atoms with Crippen LogP contribution in [-0.4, -0.2) is 47.1 Å². The highest BCUT2D eigenvalue weighted by Gasteiger charge is 2.37. The predicted octanol–water partition coefficient (Wildman–Crippen LogP) is 2.82. The number of amides is 1. The van der Waals surface area contributed by atoms with Gasteiger partial charge in [0.1, 0.15) is 12.1 Å². The van der Waals surface area contributed by atoms with Gasteiger partial charge in [0.2, 0.25) is 5.91 Å². The molecule has 1 fully saturated rings. The van der Waals surface area contributed by atoms with Gasteiger partial charge in [-0.2, -0.15) is 0 Å². The van der Waals surface area contributed by atoms with Crippen LogP contribution in [0.25, 0.3) is 10.8 Å². The summed E-state index contributed by atoms with van der Waals surface area (Å²) in [6, 6.07) is 12.8. The van der Waals surface area contributed by atoms with Gasteiger partial charge < -0.3 is 21.1 Å². The van der Waals surface area contributed by atoms with Crippen molar-refractivity contribution < 1.29 is 14.7 Å². The van der Waals surface area contributed by atoms with E-state index in [1.165, 1.54) is 4.90 Å². The van der Waals surface area contributed by atoms with Crippen LogP contribution >= 0.6 is 0 Å². The van der Waals surface area contributed by atoms with Crippen molar-refractivity contribution in [3.63, 3.8) is 0 Å². The van der Waals surface area contributed by atoms with Crippen LogP contribution in [0.4, 0.5) is 5.69 Å². The number of carbonyl (C=O) groups excluding carboxylic acids is 1. The molecule has 1 aliphatic rings. The van der Waals surface area contributed by atoms with Crippen LogP contribution in [-0.2, 0) is 9.59 Å². The van der Waals surface area contributed by atoms with Crippen molar-refractivity contribution in [1.29, 1.82) is 0 Å². The van der Waals surface area contributed by atoms with E-state index < -0.39 is 18.1 Å². The number of fused-ring (bicyclic) bond motifs is 1. The first-order chi connectivity index (χ1) is 13.1. The Balaban J connectivity index is 1.84. The number of carboxylic acid groups (broad SMARTS) is 1. The van der Waals surface area contributed by atoms with E-state index in [1.54, 1.807) is 0 Å². The fraction of sp³-hybridized carbons (Fsp3) is 0.429. The number of likely N-dealkylation sites (tertiary alicyclic amines) is 1. The maximum atomic E-state index is 13.2. The van der Waals surface area contributed by atoms with Crippen LogP contribution in [0, 0.1) is 0 Å². The Hall–Kier alpha value is -2.60. The molecule has 1 aliphatic heterocycles. The lowest BCUT2D eigenvalue weighted by Gasteiger charge is -2.28. The van der Waals surface area contributed by atoms with Gasteiger partial charge >= 0.3 is 5.97 Å². The lowest BCUT2D eigenvalue weighted by atomic mass is 10.0. The van der Waals surface area contributed by atoms with Crippen LogP contribution < -0.4 is 11.1 Å². The third-order valence-electron chi connectivity index (χ3n) is 5.19. The second-order valence-corrected chi connectivity index (χ2v) is 7.04. The van der Waals surface area contributed by atoms with Gasteiger partial charge in [-0.1, -0.05) is 36.4 Å². The number of anilines is 1. The highest BCUT2D eigenvalue weighted by molar-refractivity contribution is 5.96. The molecule has 1 heterocycles. The van der Waals surface area contributed by atoms with E-state index in [0.717, 1.165) is 35.7 Å². The van der Waals surface area contributed by atoms with E-state index in [1.807, 2.05) is 42.5 Å². The Morgan fingerprint density at radius 3 is 2.74 bits per heavy atom. The number of aliphatic carboxylic acids is 1. The maximum Gasteiger partial charge on any atom is 0.326 e. The molecule has 6 heteroatoms. The molecule has 3 rings (SSSR count). The molecule has 0 bridgehead atoms. The molecular weight excluding hydrogens is 342 g/mol. The third kappa shape index (κ3) is 4.39. The second-order valence-electron chi connectivity index (χ2n) is 7.04. The fourth-order valence-electron chi connectivity index (χ4n) is 3.78. The van der Waals surface area contributed by atoms with Gasteiger partial charge in [0, 0.05) is 17.6 Å². The van der Waals surface area contributed by atoms with Crippen LogP contribution in [0.5, 0.6) is 0 Å². The summed E-state index contributed by atoms with van der Waals surface area (Å²) in [6.07, 6.45) is 3.53. The summed E-state index contributed by atoms with van der Waals surface area (Å²) in [6.45, 7) is 1.08. The number of benzene rings is 2. The molecule has 1 amide bonds. The molecule has 144 valence electrons. The quantitative estimate of drug-likeness (QED) is 0.622. The number of carbonyl (C=O) groups is 2. The number of nitrogens with one attached hydrogen (secondary N) is 1. The average molecular weight is 369 g/mol. The van der Waals surface area contributed by atoms with Gasteiger partial charge in [-0.05, 0) is 50.1 Å². The largest absolute Gasteiger partial charge is 0.480 e. The van der Waals surface area contributed by atoms with Crippen molar-refractivity contribution >= 4 is 28.3 Å². The fourth-order valence-corrected chi connectivity index (χ4v) is 3.78. The van der Waals surface area contributed by atoms with E-state index in [9.17, 15) is 14.7 Å². The third-order valence-corrected chi connectivity index (χ3v) is 5.19. The molecule has 6 nitrogen and oxygen atoms in total. The lowest BCUT2D eigenvalue weighted by molar-refractivity contribution is -0.148. The topological polar surface area (TPSA) is 95.7 Å². The Labute approximate surface area is 159 Å². The summed E-state index contributed by atoms with van der Waals surface area (Å²) < 4.78 is 0. The molecule has 2 atom stereocenters. The van der Waals surface area contributed by atoms with Gasteiger partial charge in [0.05, 0.1) is 0 Å². The molecule has 0 spiro atoms. The summed E-state index contributed by atoms with van der Waals surface area (Å²) in [5.74, 6) is -1.06. The van der Waals surface area contributed by atoms with Crippen molar-refractivity contribution in [2.45, 2.75) is 44.2 Å². The van der Waals surface area contributed by atoms with E-state index in [4.69, 9.17) is 5.73 Å². The first-order valence-electron chi connectivity index (χ1n) is 9.59. The Bertz CT molecular complexity index is 803. The molecule has 4 N–H and O–H groups in total. The molecule has 0 radical (unpaired) electrons. The minimum Gasteiger partial charge on any atom is -0.480 e. The minimum absolute atomic E-state index is 0.134. The number of carboxylic acids is 1. The van der Waals surface area contributed by atoms with E-state index in [-0.39, 0.29) is 5.91 Å². The summed E-state index contributed by atoms with van der Waals surface area (Å²) >= 11 is 0. The second kappa shape index (κ2) is 8.86. The summed E-state index contributed by atoms with van der Waals surface area (Å²) in [4.78, 5) is 26.2. The standard InChI is InChI=1S/C21H27N3O3/c22-13-4-3-10-18(20(25)24-14-6-12-19(24)21(26)27)23-17-11-5-8-15-7-1-2-9-16(15)17/h1-2,5,7-9,11,18-19,23H,3-4,6,10,12-14,22H2,(H,26,27)/t18?,19-/m0/s1. The molecule has 0 aliphatic carbocycles. The predicted molar refractivity (Wildman–Crippen MR) is 107 cm³/mol. The number of unbranched alkanes of at least 4 members (excludes halogenated alkanes) is 1. The highest BCUT2D eigenvalue weighted by Crippen LogP contribution is 2.26. The normalized spacial score (nSPS) is 17.8. The summed E-state index contributed by atoms with van der Waals surface area (Å²) in [5, 5.41) is 15.0. The molecule has 1 unspecified atom stereocenters. The number of hydrogen-bond acceptors (Lipinski definition) is 4. The Morgan fingerprint density at radius 2 is 1.96 bits per heavy atom. The number of hydrogen-bond donors (Lipinski definition) is 3. The zero-order valence-electron chi connectivity index (χ0n) is 15.4. The van der Waals surface area contributed by atoms with Gasteiger partial charge in [-0.25, -0.2) is 4.79 Å². The van der Waals surface area contributed by atoms with Gasteiger partial charge in [0.15, 0.2) is 0 Å². The molecule has 1 saturated heterocycles. The maximum absolute atomic E-state index is 13.2. The van der Waals surface area contributed by atoms with Gasteiger partial charge in [0.25, 0.3) is 0 Å². The van der Waals surface area contributed by atoms with Crippen LogP contribution in [0.2, 0.25) is 0 Å². The molecule has 2 aromatic carbocycles. The highest BCUT2D eigenvalue weighted by atomic mass is 16.4. The minimum atomic E-state index is -0.924. The van der Waals surface area contributed by atoms with Crippen molar-refractivity contribution in [1.82, 2.24) is 4.90 Å². The van der Waals surface area contributed by atoms with Crippen molar-refractivity contribution in [3.05, 3.63) is 42.5 Å². The van der Waals surface area contributed by atoms with Crippen LogP contribution in [0.15, 0.2) is 42.5 Å². The smallest absolute Gasteiger partial charge is 0.326 e. The molecule has 0 aromatic heterocycles. The molecular formula is C21H27N3O3. The first-order valence-corrected chi connectivity index (χ1v) is 9.59. The summed E-state index contributed by atoms with van der Waals surface area (Å²) in [5.41, 5.74) is 6.50. The van der Waals surface area contributed by atoms with E-state index in [0.29, 0.717) is 25.9 Å². The number of nitrogens with two attached hydrogens (primary N) is 1. The lowest BCUT2D eigenvalue weighted by Crippen LogP contribution is -2.47. The first kappa shape index (κ1) is 19.2. The molecule has 0 saturated carbocycles. The number of nitrogens with zero attached hydrogens (tertiary/aromatic N) is 1. The van der Waals surface area contributed by atoms with Crippen molar-refractivity contribution in [3.8, 4) is 0 Å². The van der Waals surface area contributed by atoms with E-state index in [2.05, 4.69) is 5.32 Å². The SMILES string of the molecule is NCCCCC(Nc1cccc2ccccc12)C(=O)N1CCC[C@H]1C(=O)O. The van der Waals surface area contributed by atoms with Crippen LogP contribution in [0.1, 0.15) is 32.1 Å². The zero-order chi connectivity index (χ0) is 19.2. The Morgan fingerprint density at radius 1 is 1.19 bits per heavy atom. The van der Waals surface area contributed by atoms with Crippen molar-refractivity contribution in [2.24, 2.45) is 5.73 Å². The van der Waals surface area contributed by atoms with Crippen LogP contribution in [0.3, 0.4) is 0 Å². The molecule has 27 heavy (non-hydrogen) atoms. The zero-order valence-corrected chi connectivity index (χ0v) is 15.4. The van der Waals surface area contributed by atoms with Gasteiger partial charge in [-0.15, -0.1) is 0 Å². The van der Waals surface area contributed by atoms with E-state index >= 15 is 0 Å². The summed E-state index contributed by atoms with van der Waals surface area (Å²) in [7, 11) is 0. The Kier molecular flexibility index (Phi) is 6.29. The van der Waals surface area contributed by atoms with Gasteiger partial charge in [-0.3, -0.25) is 4.79 Å².